The number of furan rings is 1. The summed E-state index contributed by atoms with van der Waals surface area (Å²) in [5.41, 5.74) is 7.12. The van der Waals surface area contributed by atoms with E-state index in [1.807, 2.05) is 54.6 Å². The topological polar surface area (TPSA) is 115 Å². The molecule has 0 saturated carbocycles. The van der Waals surface area contributed by atoms with Crippen molar-refractivity contribution in [2.45, 2.75) is 12.6 Å². The van der Waals surface area contributed by atoms with Gasteiger partial charge < -0.3 is 25.3 Å². The van der Waals surface area contributed by atoms with Gasteiger partial charge in [-0.1, -0.05) is 42.5 Å². The number of carbonyl (C=O) groups excluding carboxylic acids is 1. The van der Waals surface area contributed by atoms with Crippen molar-refractivity contribution in [1.82, 2.24) is 5.32 Å². The number of rotatable bonds is 8. The molecular formula is C21H20N2O5. The van der Waals surface area contributed by atoms with Gasteiger partial charge in [0.15, 0.2) is 5.76 Å². The number of hydrogen-bond donors (Lipinski definition) is 3. The zero-order valence-corrected chi connectivity index (χ0v) is 15.0. The minimum absolute atomic E-state index is 0.0606. The van der Waals surface area contributed by atoms with Gasteiger partial charge in [0.1, 0.15) is 24.2 Å². The molecule has 0 saturated heterocycles. The van der Waals surface area contributed by atoms with Gasteiger partial charge in [-0.15, -0.1) is 0 Å². The Morgan fingerprint density at radius 1 is 1.04 bits per heavy atom. The van der Waals surface area contributed by atoms with Gasteiger partial charge in [0.25, 0.3) is 5.91 Å². The molecule has 0 unspecified atom stereocenters. The van der Waals surface area contributed by atoms with Gasteiger partial charge in [-0.2, -0.15) is 0 Å². The molecule has 144 valence electrons. The Kier molecular flexibility index (Phi) is 6.08. The standard InChI is InChI=1S/C21H20N2O5/c22-16(21(25)26)12-23-20(24)19-11-10-18(28-19)15-8-4-5-9-17(15)27-13-14-6-2-1-3-7-14/h1-11,16H,12-13,22H2,(H,23,24)(H,25,26)/t16-/m1/s1. The van der Waals surface area contributed by atoms with E-state index in [9.17, 15) is 9.59 Å². The highest BCUT2D eigenvalue weighted by molar-refractivity contribution is 5.92. The van der Waals surface area contributed by atoms with Crippen LogP contribution in [0.1, 0.15) is 16.1 Å². The van der Waals surface area contributed by atoms with Crippen molar-refractivity contribution in [1.29, 1.82) is 0 Å². The van der Waals surface area contributed by atoms with Crippen LogP contribution in [0.15, 0.2) is 71.1 Å². The average Bonchev–Trinajstić information content (AvgIpc) is 3.21. The highest BCUT2D eigenvalue weighted by Crippen LogP contribution is 2.31. The van der Waals surface area contributed by atoms with E-state index in [1.54, 1.807) is 6.07 Å². The molecule has 0 radical (unpaired) electrons. The van der Waals surface area contributed by atoms with Crippen molar-refractivity contribution in [2.24, 2.45) is 5.73 Å². The predicted molar refractivity (Wildman–Crippen MR) is 103 cm³/mol. The van der Waals surface area contributed by atoms with Crippen LogP contribution in [-0.4, -0.2) is 29.6 Å². The monoisotopic (exact) mass is 380 g/mol. The Balaban J connectivity index is 1.71. The van der Waals surface area contributed by atoms with Crippen LogP contribution >= 0.6 is 0 Å². The van der Waals surface area contributed by atoms with Crippen molar-refractivity contribution in [3.8, 4) is 17.1 Å². The third-order valence-corrected chi connectivity index (χ3v) is 4.02. The second-order valence-electron chi connectivity index (χ2n) is 6.09. The van der Waals surface area contributed by atoms with Crippen LogP contribution in [0.2, 0.25) is 0 Å². The zero-order valence-electron chi connectivity index (χ0n) is 15.0. The molecule has 0 aliphatic heterocycles. The van der Waals surface area contributed by atoms with Crippen molar-refractivity contribution in [3.05, 3.63) is 78.1 Å². The van der Waals surface area contributed by atoms with Crippen molar-refractivity contribution in [2.75, 3.05) is 6.54 Å². The van der Waals surface area contributed by atoms with Gasteiger partial charge in [0, 0.05) is 6.54 Å². The van der Waals surface area contributed by atoms with Gasteiger partial charge in [-0.3, -0.25) is 9.59 Å². The van der Waals surface area contributed by atoms with Crippen LogP contribution in [0.25, 0.3) is 11.3 Å². The van der Waals surface area contributed by atoms with E-state index in [0.717, 1.165) is 5.56 Å². The number of amides is 1. The number of nitrogens with two attached hydrogens (primary N) is 1. The second-order valence-corrected chi connectivity index (χ2v) is 6.09. The lowest BCUT2D eigenvalue weighted by Crippen LogP contribution is -2.42. The van der Waals surface area contributed by atoms with Crippen molar-refractivity contribution in [3.63, 3.8) is 0 Å². The molecule has 0 fully saturated rings. The summed E-state index contributed by atoms with van der Waals surface area (Å²) in [4.78, 5) is 22.9. The molecule has 3 rings (SSSR count). The van der Waals surface area contributed by atoms with Crippen LogP contribution in [0, 0.1) is 0 Å². The molecule has 7 heteroatoms. The van der Waals surface area contributed by atoms with Crippen LogP contribution in [-0.2, 0) is 11.4 Å². The molecule has 1 heterocycles. The number of para-hydroxylation sites is 1. The van der Waals surface area contributed by atoms with Crippen molar-refractivity contribution < 1.29 is 23.8 Å². The third kappa shape index (κ3) is 4.77. The van der Waals surface area contributed by atoms with E-state index in [-0.39, 0.29) is 12.3 Å². The molecule has 28 heavy (non-hydrogen) atoms. The number of carboxylic acid groups (broad SMARTS) is 1. The molecule has 0 aliphatic carbocycles. The summed E-state index contributed by atoms with van der Waals surface area (Å²) in [6.45, 7) is 0.208. The first-order valence-corrected chi connectivity index (χ1v) is 8.67. The first-order valence-electron chi connectivity index (χ1n) is 8.67. The Morgan fingerprint density at radius 2 is 1.75 bits per heavy atom. The summed E-state index contributed by atoms with van der Waals surface area (Å²) in [5, 5.41) is 11.2. The SMILES string of the molecule is N[C@H](CNC(=O)c1ccc(-c2ccccc2OCc2ccccc2)o1)C(=O)O. The maximum Gasteiger partial charge on any atom is 0.322 e. The van der Waals surface area contributed by atoms with E-state index in [0.29, 0.717) is 23.7 Å². The molecule has 0 spiro atoms. The smallest absolute Gasteiger partial charge is 0.322 e. The second kappa shape index (κ2) is 8.88. The largest absolute Gasteiger partial charge is 0.488 e. The van der Waals surface area contributed by atoms with Gasteiger partial charge in [0.2, 0.25) is 0 Å². The van der Waals surface area contributed by atoms with Crippen LogP contribution < -0.4 is 15.8 Å². The summed E-state index contributed by atoms with van der Waals surface area (Å²) in [7, 11) is 0. The molecule has 1 amide bonds. The maximum absolute atomic E-state index is 12.1. The highest BCUT2D eigenvalue weighted by atomic mass is 16.5. The van der Waals surface area contributed by atoms with Gasteiger partial charge in [-0.05, 0) is 29.8 Å². The summed E-state index contributed by atoms with van der Waals surface area (Å²) < 4.78 is 11.5. The fourth-order valence-corrected chi connectivity index (χ4v) is 2.51. The quantitative estimate of drug-likeness (QED) is 0.553. The number of carbonyl (C=O) groups is 2. The molecule has 7 nitrogen and oxygen atoms in total. The third-order valence-electron chi connectivity index (χ3n) is 4.02. The van der Waals surface area contributed by atoms with E-state index in [1.165, 1.54) is 6.07 Å². The van der Waals surface area contributed by atoms with Gasteiger partial charge >= 0.3 is 5.97 Å². The Labute approximate surface area is 161 Å². The summed E-state index contributed by atoms with van der Waals surface area (Å²) in [6.07, 6.45) is 0. The Hall–Kier alpha value is -3.58. The number of hydrogen-bond acceptors (Lipinski definition) is 5. The lowest BCUT2D eigenvalue weighted by Gasteiger charge is -2.10. The van der Waals surface area contributed by atoms with Gasteiger partial charge in [0.05, 0.1) is 5.56 Å². The van der Waals surface area contributed by atoms with Crippen LogP contribution in [0.5, 0.6) is 5.75 Å². The average molecular weight is 380 g/mol. The van der Waals surface area contributed by atoms with E-state index in [2.05, 4.69) is 5.32 Å². The molecule has 3 aromatic rings. The fraction of sp³-hybridized carbons (Fsp3) is 0.143. The molecule has 2 aromatic carbocycles. The van der Waals surface area contributed by atoms with Crippen LogP contribution in [0.4, 0.5) is 0 Å². The maximum atomic E-state index is 12.1. The van der Waals surface area contributed by atoms with Crippen molar-refractivity contribution >= 4 is 11.9 Å². The Morgan fingerprint density at radius 3 is 2.50 bits per heavy atom. The summed E-state index contributed by atoms with van der Waals surface area (Å²) in [6, 6.07) is 19.1. The lowest BCUT2D eigenvalue weighted by atomic mass is 10.1. The molecule has 1 atom stereocenters. The highest BCUT2D eigenvalue weighted by Gasteiger charge is 2.17. The van der Waals surface area contributed by atoms with E-state index >= 15 is 0 Å². The minimum atomic E-state index is -1.19. The summed E-state index contributed by atoms with van der Waals surface area (Å²) in [5.74, 6) is -0.571. The normalized spacial score (nSPS) is 11.6. The van der Waals surface area contributed by atoms with Crippen LogP contribution in [0.3, 0.4) is 0 Å². The zero-order chi connectivity index (χ0) is 19.9. The van der Waals surface area contributed by atoms with E-state index < -0.39 is 17.9 Å². The number of ether oxygens (including phenoxy) is 1. The number of nitrogens with one attached hydrogen (secondary N) is 1. The number of aliphatic carboxylic acids is 1. The summed E-state index contributed by atoms with van der Waals surface area (Å²) >= 11 is 0. The molecular weight excluding hydrogens is 360 g/mol. The Bertz CT molecular complexity index is 952. The molecule has 4 N–H and O–H groups in total. The first-order chi connectivity index (χ1) is 13.5. The minimum Gasteiger partial charge on any atom is -0.488 e. The number of benzene rings is 2. The molecule has 1 aromatic heterocycles. The van der Waals surface area contributed by atoms with E-state index in [4.69, 9.17) is 20.0 Å². The molecule has 0 aliphatic rings. The fourth-order valence-electron chi connectivity index (χ4n) is 2.51. The number of carboxylic acids is 1. The van der Waals surface area contributed by atoms with Gasteiger partial charge in [-0.25, -0.2) is 0 Å². The predicted octanol–water partition coefficient (Wildman–Crippen LogP) is 2.67. The lowest BCUT2D eigenvalue weighted by molar-refractivity contribution is -0.138. The first kappa shape index (κ1) is 19.2. The molecule has 0 bridgehead atoms.